The van der Waals surface area contributed by atoms with Gasteiger partial charge in [0.1, 0.15) is 17.3 Å². The van der Waals surface area contributed by atoms with Crippen molar-refractivity contribution in [3.05, 3.63) is 58.9 Å². The number of rotatable bonds is 3. The van der Waals surface area contributed by atoms with Crippen molar-refractivity contribution in [2.45, 2.75) is 13.8 Å². The number of aryl methyl sites for hydroxylation is 1. The molecule has 0 aliphatic heterocycles. The summed E-state index contributed by atoms with van der Waals surface area (Å²) in [6, 6.07) is 5.30. The Bertz CT molecular complexity index is 1080. The lowest BCUT2D eigenvalue weighted by atomic mass is 9.92. The Morgan fingerprint density at radius 1 is 1.19 bits per heavy atom. The largest absolute Gasteiger partial charge is 0.508 e. The number of primary amides is 1. The molecule has 138 valence electrons. The van der Waals surface area contributed by atoms with Gasteiger partial charge in [-0.15, -0.1) is 0 Å². The first kappa shape index (κ1) is 18.2. The zero-order chi connectivity index (χ0) is 19.9. The van der Waals surface area contributed by atoms with E-state index >= 15 is 0 Å². The monoisotopic (exact) mass is 370 g/mol. The Morgan fingerprint density at radius 3 is 2.52 bits per heavy atom. The molecule has 8 heteroatoms. The second-order valence-corrected chi connectivity index (χ2v) is 6.07. The molecule has 0 saturated heterocycles. The molecular formula is C19H16F2N4O2. The molecule has 0 radical (unpaired) electrons. The van der Waals surface area contributed by atoms with Crippen LogP contribution < -0.4 is 11.5 Å². The number of benzene rings is 1. The zero-order valence-electron chi connectivity index (χ0n) is 14.5. The van der Waals surface area contributed by atoms with E-state index in [0.717, 1.165) is 11.8 Å². The van der Waals surface area contributed by atoms with Crippen LogP contribution in [0.4, 0.5) is 14.5 Å². The number of carbonyl (C=O) groups is 1. The molecule has 0 spiro atoms. The van der Waals surface area contributed by atoms with Gasteiger partial charge in [-0.2, -0.15) is 0 Å². The minimum absolute atomic E-state index is 0.00873. The van der Waals surface area contributed by atoms with Crippen LogP contribution in [-0.2, 0) is 0 Å². The number of nitrogens with zero attached hydrogens (tertiary/aromatic N) is 2. The van der Waals surface area contributed by atoms with Gasteiger partial charge in [-0.05, 0) is 42.7 Å². The first-order valence-electron chi connectivity index (χ1n) is 7.92. The molecule has 1 amide bonds. The number of nitrogens with two attached hydrogens (primary N) is 2. The molecule has 0 aliphatic rings. The van der Waals surface area contributed by atoms with Crippen LogP contribution >= 0.6 is 0 Å². The summed E-state index contributed by atoms with van der Waals surface area (Å²) in [6.45, 7) is 3.47. The summed E-state index contributed by atoms with van der Waals surface area (Å²) in [7, 11) is 0. The maximum Gasteiger partial charge on any atom is 0.269 e. The number of pyridine rings is 2. The number of anilines is 1. The normalized spacial score (nSPS) is 10.8. The molecule has 2 aromatic heterocycles. The fourth-order valence-corrected chi connectivity index (χ4v) is 2.92. The van der Waals surface area contributed by atoms with Crippen molar-refractivity contribution in [2.75, 3.05) is 5.73 Å². The van der Waals surface area contributed by atoms with Crippen molar-refractivity contribution in [1.82, 2.24) is 9.97 Å². The van der Waals surface area contributed by atoms with Crippen LogP contribution in [0.15, 0.2) is 30.5 Å². The Balaban J connectivity index is 2.38. The number of amides is 1. The van der Waals surface area contributed by atoms with Crippen molar-refractivity contribution < 1.29 is 18.7 Å². The molecule has 3 aromatic rings. The third-order valence-corrected chi connectivity index (χ3v) is 4.26. The van der Waals surface area contributed by atoms with Crippen molar-refractivity contribution in [1.29, 1.82) is 0 Å². The lowest BCUT2D eigenvalue weighted by Crippen LogP contribution is -2.17. The number of nitrogen functional groups attached to an aromatic ring is 1. The van der Waals surface area contributed by atoms with E-state index in [1.807, 2.05) is 0 Å². The molecular weight excluding hydrogens is 354 g/mol. The molecule has 6 nitrogen and oxygen atoms in total. The first-order chi connectivity index (χ1) is 12.7. The summed E-state index contributed by atoms with van der Waals surface area (Å²) in [5, 5.41) is 10.1. The predicted molar refractivity (Wildman–Crippen MR) is 96.9 cm³/mol. The van der Waals surface area contributed by atoms with Crippen LogP contribution in [0, 0.1) is 25.5 Å². The third kappa shape index (κ3) is 3.17. The zero-order valence-corrected chi connectivity index (χ0v) is 14.5. The Hall–Kier alpha value is -3.55. The molecule has 27 heavy (non-hydrogen) atoms. The molecule has 5 N–H and O–H groups in total. The quantitative estimate of drug-likeness (QED) is 0.655. The van der Waals surface area contributed by atoms with E-state index in [2.05, 4.69) is 9.97 Å². The van der Waals surface area contributed by atoms with E-state index in [1.54, 1.807) is 19.9 Å². The number of carbonyl (C=O) groups excluding carboxylic acids is 1. The lowest BCUT2D eigenvalue weighted by Gasteiger charge is -2.16. The van der Waals surface area contributed by atoms with Gasteiger partial charge in [0.25, 0.3) is 5.91 Å². The molecule has 0 aliphatic carbocycles. The van der Waals surface area contributed by atoms with Crippen molar-refractivity contribution >= 4 is 11.6 Å². The standard InChI is InChI=1S/C19H16F2N4O2/c1-8-3-4-14(26)9(2)15(8)11-6-13(25-18(16(11)22)19(23)27)17-12(21)5-10(20)7-24-17/h3-7,26H,22H2,1-2H3,(H2,23,27). The van der Waals surface area contributed by atoms with Gasteiger partial charge in [0.15, 0.2) is 11.5 Å². The maximum atomic E-state index is 14.2. The van der Waals surface area contributed by atoms with Crippen LogP contribution in [0.5, 0.6) is 5.75 Å². The molecule has 0 saturated carbocycles. The average Bonchev–Trinajstić information content (AvgIpc) is 2.60. The lowest BCUT2D eigenvalue weighted by molar-refractivity contribution is 0.0996. The Morgan fingerprint density at radius 2 is 1.89 bits per heavy atom. The number of phenols is 1. The highest BCUT2D eigenvalue weighted by Gasteiger charge is 2.21. The van der Waals surface area contributed by atoms with Gasteiger partial charge >= 0.3 is 0 Å². The van der Waals surface area contributed by atoms with E-state index in [1.165, 1.54) is 12.1 Å². The predicted octanol–water partition coefficient (Wildman–Crippen LogP) is 3.09. The number of hydrogen-bond acceptors (Lipinski definition) is 5. The van der Waals surface area contributed by atoms with E-state index in [9.17, 15) is 18.7 Å². The van der Waals surface area contributed by atoms with E-state index < -0.39 is 17.5 Å². The van der Waals surface area contributed by atoms with Gasteiger partial charge in [0.05, 0.1) is 17.6 Å². The summed E-state index contributed by atoms with van der Waals surface area (Å²) >= 11 is 0. The summed E-state index contributed by atoms with van der Waals surface area (Å²) in [6.07, 6.45) is 0.838. The fraction of sp³-hybridized carbons (Fsp3) is 0.105. The van der Waals surface area contributed by atoms with Gasteiger partial charge in [0, 0.05) is 11.6 Å². The average molecular weight is 370 g/mol. The molecule has 0 atom stereocenters. The van der Waals surface area contributed by atoms with Crippen molar-refractivity contribution in [3.63, 3.8) is 0 Å². The molecule has 0 fully saturated rings. The van der Waals surface area contributed by atoms with Gasteiger partial charge < -0.3 is 16.6 Å². The van der Waals surface area contributed by atoms with Gasteiger partial charge in [-0.1, -0.05) is 6.07 Å². The van der Waals surface area contributed by atoms with Gasteiger partial charge in [0.2, 0.25) is 0 Å². The van der Waals surface area contributed by atoms with E-state index in [4.69, 9.17) is 11.5 Å². The van der Waals surface area contributed by atoms with Crippen LogP contribution in [-0.4, -0.2) is 21.0 Å². The fourth-order valence-electron chi connectivity index (χ4n) is 2.92. The van der Waals surface area contributed by atoms with Crippen LogP contribution in [0.25, 0.3) is 22.5 Å². The highest BCUT2D eigenvalue weighted by atomic mass is 19.1. The van der Waals surface area contributed by atoms with Gasteiger partial charge in [-0.3, -0.25) is 4.79 Å². The molecule has 1 aromatic carbocycles. The summed E-state index contributed by atoms with van der Waals surface area (Å²) < 4.78 is 27.4. The maximum absolute atomic E-state index is 14.2. The number of aromatic nitrogens is 2. The van der Waals surface area contributed by atoms with Crippen LogP contribution in [0.3, 0.4) is 0 Å². The van der Waals surface area contributed by atoms with Crippen molar-refractivity contribution in [2.24, 2.45) is 5.73 Å². The molecule has 0 unspecified atom stereocenters. The highest BCUT2D eigenvalue weighted by molar-refractivity contribution is 6.01. The first-order valence-corrected chi connectivity index (χ1v) is 7.92. The smallest absolute Gasteiger partial charge is 0.269 e. The molecule has 0 bridgehead atoms. The summed E-state index contributed by atoms with van der Waals surface area (Å²) in [4.78, 5) is 19.6. The summed E-state index contributed by atoms with van der Waals surface area (Å²) in [5.41, 5.74) is 13.1. The number of hydrogen-bond donors (Lipinski definition) is 3. The van der Waals surface area contributed by atoms with E-state index in [-0.39, 0.29) is 28.5 Å². The van der Waals surface area contributed by atoms with Crippen LogP contribution in [0.1, 0.15) is 21.6 Å². The minimum Gasteiger partial charge on any atom is -0.508 e. The van der Waals surface area contributed by atoms with Crippen molar-refractivity contribution in [3.8, 4) is 28.3 Å². The number of phenolic OH excluding ortho intramolecular Hbond substituents is 1. The van der Waals surface area contributed by atoms with Crippen LogP contribution in [0.2, 0.25) is 0 Å². The molecule has 3 rings (SSSR count). The highest BCUT2D eigenvalue weighted by Crippen LogP contribution is 2.38. The Labute approximate surface area is 153 Å². The summed E-state index contributed by atoms with van der Waals surface area (Å²) in [5.74, 6) is -2.67. The third-order valence-electron chi connectivity index (χ3n) is 4.26. The topological polar surface area (TPSA) is 115 Å². The van der Waals surface area contributed by atoms with Gasteiger partial charge in [-0.25, -0.2) is 18.7 Å². The molecule has 2 heterocycles. The minimum atomic E-state index is -0.946. The Kier molecular flexibility index (Phi) is 4.49. The second kappa shape index (κ2) is 6.64. The SMILES string of the molecule is Cc1ccc(O)c(C)c1-c1cc(-c2ncc(F)cc2F)nc(C(N)=O)c1N. The van der Waals surface area contributed by atoms with E-state index in [0.29, 0.717) is 22.8 Å². The number of halogens is 2. The second-order valence-electron chi connectivity index (χ2n) is 6.07. The number of aromatic hydroxyl groups is 1.